The van der Waals surface area contributed by atoms with E-state index in [0.717, 1.165) is 4.31 Å². The molecule has 1 aliphatic rings. The van der Waals surface area contributed by atoms with E-state index < -0.39 is 10.0 Å². The third-order valence-corrected chi connectivity index (χ3v) is 3.96. The van der Waals surface area contributed by atoms with Crippen molar-refractivity contribution in [2.45, 2.75) is 0 Å². The molecule has 1 N–H and O–H groups in total. The number of piperazine rings is 1. The highest BCUT2D eigenvalue weighted by molar-refractivity contribution is 7.89. The van der Waals surface area contributed by atoms with E-state index in [2.05, 4.69) is 5.32 Å². The fourth-order valence-corrected chi connectivity index (χ4v) is 2.80. The topological polar surface area (TPSA) is 66.5 Å². The summed E-state index contributed by atoms with van der Waals surface area (Å²) in [4.78, 5) is 10.9. The molecule has 1 amide bonds. The molecule has 7 heteroatoms. The molecule has 76 valence electrons. The zero-order chi connectivity index (χ0) is 9.90. The summed E-state index contributed by atoms with van der Waals surface area (Å²) in [6.45, 7) is 0.629. The van der Waals surface area contributed by atoms with Crippen molar-refractivity contribution in [3.63, 3.8) is 0 Å². The van der Waals surface area contributed by atoms with Crippen molar-refractivity contribution in [2.75, 3.05) is 31.3 Å². The highest BCUT2D eigenvalue weighted by Gasteiger charge is 2.26. The van der Waals surface area contributed by atoms with Crippen LogP contribution in [0, 0.1) is 0 Å². The third kappa shape index (κ3) is 2.82. The second kappa shape index (κ2) is 4.26. The van der Waals surface area contributed by atoms with Gasteiger partial charge < -0.3 is 5.32 Å². The Morgan fingerprint density at radius 3 is 2.77 bits per heavy atom. The number of amides is 1. The summed E-state index contributed by atoms with van der Waals surface area (Å²) < 4.78 is 23.9. The van der Waals surface area contributed by atoms with E-state index >= 15 is 0 Å². The lowest BCUT2D eigenvalue weighted by Crippen LogP contribution is -2.50. The van der Waals surface area contributed by atoms with Crippen LogP contribution < -0.4 is 5.32 Å². The van der Waals surface area contributed by atoms with Gasteiger partial charge in [-0.1, -0.05) is 0 Å². The van der Waals surface area contributed by atoms with Gasteiger partial charge in [-0.15, -0.1) is 11.6 Å². The Morgan fingerprint density at radius 2 is 2.23 bits per heavy atom. The first-order chi connectivity index (χ1) is 6.06. The van der Waals surface area contributed by atoms with Gasteiger partial charge in [0, 0.05) is 19.0 Å². The molecule has 1 rings (SSSR count). The van der Waals surface area contributed by atoms with Crippen LogP contribution in [0.2, 0.25) is 0 Å². The van der Waals surface area contributed by atoms with Crippen molar-refractivity contribution in [1.29, 1.82) is 0 Å². The lowest BCUT2D eigenvalue weighted by molar-refractivity contribution is -0.122. The molecule has 1 saturated heterocycles. The van der Waals surface area contributed by atoms with E-state index in [0.29, 0.717) is 13.1 Å². The van der Waals surface area contributed by atoms with Crippen LogP contribution in [0.4, 0.5) is 0 Å². The van der Waals surface area contributed by atoms with Crippen LogP contribution in [0.1, 0.15) is 0 Å². The number of hydrogen-bond donors (Lipinski definition) is 1. The number of carbonyl (C=O) groups excluding carboxylic acids is 1. The van der Waals surface area contributed by atoms with Crippen molar-refractivity contribution in [3.05, 3.63) is 0 Å². The Kier molecular flexibility index (Phi) is 3.52. The molecule has 0 radical (unpaired) electrons. The van der Waals surface area contributed by atoms with Gasteiger partial charge in [0.15, 0.2) is 0 Å². The molecule has 0 aromatic heterocycles. The number of rotatable bonds is 3. The minimum Gasteiger partial charge on any atom is -0.354 e. The number of alkyl halides is 1. The Hall–Kier alpha value is -0.330. The smallest absolute Gasteiger partial charge is 0.235 e. The van der Waals surface area contributed by atoms with Gasteiger partial charge in [-0.2, -0.15) is 4.31 Å². The molecular formula is C6H11ClN2O3S. The second-order valence-electron chi connectivity index (χ2n) is 2.69. The average Bonchev–Trinajstić information content (AvgIpc) is 2.04. The first-order valence-electron chi connectivity index (χ1n) is 3.87. The Bertz CT molecular complexity index is 290. The number of nitrogens with zero attached hydrogens (tertiary/aromatic N) is 1. The monoisotopic (exact) mass is 226 g/mol. The number of nitrogens with one attached hydrogen (secondary N) is 1. The maximum Gasteiger partial charge on any atom is 0.235 e. The molecule has 1 aliphatic heterocycles. The molecule has 0 unspecified atom stereocenters. The fraction of sp³-hybridized carbons (Fsp3) is 0.833. The quantitative estimate of drug-likeness (QED) is 0.627. The van der Waals surface area contributed by atoms with E-state index in [9.17, 15) is 13.2 Å². The van der Waals surface area contributed by atoms with Crippen LogP contribution in [0.25, 0.3) is 0 Å². The maximum absolute atomic E-state index is 11.4. The molecule has 1 fully saturated rings. The largest absolute Gasteiger partial charge is 0.354 e. The lowest BCUT2D eigenvalue weighted by Gasteiger charge is -2.25. The zero-order valence-corrected chi connectivity index (χ0v) is 8.57. The predicted octanol–water partition coefficient (Wildman–Crippen LogP) is -1.01. The van der Waals surface area contributed by atoms with Crippen LogP contribution in [0.3, 0.4) is 0 Å². The summed E-state index contributed by atoms with van der Waals surface area (Å²) in [5, 5.41) is 2.55. The molecule has 0 aromatic carbocycles. The molecule has 13 heavy (non-hydrogen) atoms. The molecule has 1 heterocycles. The van der Waals surface area contributed by atoms with Gasteiger partial charge in [-0.05, 0) is 0 Å². The Morgan fingerprint density at radius 1 is 1.54 bits per heavy atom. The Labute approximate surface area is 82.1 Å². The van der Waals surface area contributed by atoms with Gasteiger partial charge in [0.05, 0.1) is 12.3 Å². The van der Waals surface area contributed by atoms with Crippen molar-refractivity contribution in [3.8, 4) is 0 Å². The van der Waals surface area contributed by atoms with Crippen LogP contribution in [0.5, 0.6) is 0 Å². The average molecular weight is 227 g/mol. The van der Waals surface area contributed by atoms with Crippen LogP contribution >= 0.6 is 11.6 Å². The van der Waals surface area contributed by atoms with E-state index in [1.165, 1.54) is 0 Å². The molecule has 0 aromatic rings. The van der Waals surface area contributed by atoms with Crippen LogP contribution in [-0.2, 0) is 14.8 Å². The number of carbonyl (C=O) groups is 1. The van der Waals surface area contributed by atoms with Gasteiger partial charge in [0.1, 0.15) is 0 Å². The van der Waals surface area contributed by atoms with Crippen molar-refractivity contribution in [2.24, 2.45) is 0 Å². The van der Waals surface area contributed by atoms with Gasteiger partial charge in [-0.25, -0.2) is 8.42 Å². The van der Waals surface area contributed by atoms with Crippen molar-refractivity contribution in [1.82, 2.24) is 9.62 Å². The molecule has 0 bridgehead atoms. The first kappa shape index (κ1) is 10.7. The van der Waals surface area contributed by atoms with Crippen molar-refractivity contribution < 1.29 is 13.2 Å². The minimum atomic E-state index is -3.33. The SMILES string of the molecule is O=C1CN(S(=O)(=O)CCCl)CCN1. The van der Waals surface area contributed by atoms with Gasteiger partial charge >= 0.3 is 0 Å². The Balaban J connectivity index is 2.65. The summed E-state index contributed by atoms with van der Waals surface area (Å²) in [7, 11) is -3.33. The highest BCUT2D eigenvalue weighted by Crippen LogP contribution is 2.03. The molecular weight excluding hydrogens is 216 g/mol. The summed E-state index contributed by atoms with van der Waals surface area (Å²) >= 11 is 5.34. The van der Waals surface area contributed by atoms with Gasteiger partial charge in [0.2, 0.25) is 15.9 Å². The predicted molar refractivity (Wildman–Crippen MR) is 49.1 cm³/mol. The molecule has 0 aliphatic carbocycles. The van der Waals surface area contributed by atoms with E-state index in [-0.39, 0.29) is 24.1 Å². The van der Waals surface area contributed by atoms with Crippen LogP contribution in [0.15, 0.2) is 0 Å². The number of halogens is 1. The van der Waals surface area contributed by atoms with E-state index in [1.807, 2.05) is 0 Å². The summed E-state index contributed by atoms with van der Waals surface area (Å²) in [6, 6.07) is 0. The maximum atomic E-state index is 11.4. The fourth-order valence-electron chi connectivity index (χ4n) is 1.08. The lowest BCUT2D eigenvalue weighted by atomic mass is 10.4. The molecule has 0 atom stereocenters. The zero-order valence-electron chi connectivity index (χ0n) is 6.99. The standard InChI is InChI=1S/C6H11ClN2O3S/c7-1-4-13(11,12)9-3-2-8-6(10)5-9/h1-5H2,(H,8,10). The third-order valence-electron chi connectivity index (χ3n) is 1.73. The normalized spacial score (nSPS) is 19.9. The first-order valence-corrected chi connectivity index (χ1v) is 6.01. The molecule has 0 saturated carbocycles. The van der Waals surface area contributed by atoms with Crippen LogP contribution in [-0.4, -0.2) is 49.9 Å². The second-order valence-corrected chi connectivity index (χ2v) is 5.15. The molecule has 5 nitrogen and oxygen atoms in total. The highest BCUT2D eigenvalue weighted by atomic mass is 35.5. The van der Waals surface area contributed by atoms with Gasteiger partial charge in [-0.3, -0.25) is 4.79 Å². The van der Waals surface area contributed by atoms with E-state index in [1.54, 1.807) is 0 Å². The summed E-state index contributed by atoms with van der Waals surface area (Å²) in [5.74, 6) is -0.313. The van der Waals surface area contributed by atoms with Crippen molar-refractivity contribution >= 4 is 27.5 Å². The summed E-state index contributed by atoms with van der Waals surface area (Å²) in [6.07, 6.45) is 0. The number of sulfonamides is 1. The van der Waals surface area contributed by atoms with Gasteiger partial charge in [0.25, 0.3) is 0 Å². The minimum absolute atomic E-state index is 0.0560. The molecule has 0 spiro atoms. The summed E-state index contributed by atoms with van der Waals surface area (Å²) in [5.41, 5.74) is 0. The number of hydrogen-bond acceptors (Lipinski definition) is 3. The van der Waals surface area contributed by atoms with E-state index in [4.69, 9.17) is 11.6 Å².